The maximum atomic E-state index is 6.13. The summed E-state index contributed by atoms with van der Waals surface area (Å²) < 4.78 is 10.9. The van der Waals surface area contributed by atoms with E-state index < -0.39 is 0 Å². The number of anilines is 3. The molecule has 0 bridgehead atoms. The summed E-state index contributed by atoms with van der Waals surface area (Å²) in [6, 6.07) is 76.3. The van der Waals surface area contributed by atoms with E-state index in [9.17, 15) is 0 Å². The van der Waals surface area contributed by atoms with Crippen molar-refractivity contribution < 1.29 is 4.42 Å². The second-order valence-corrected chi connectivity index (χ2v) is 15.0. The number of aromatic nitrogens is 2. The quantitative estimate of drug-likeness (QED) is 0.170. The van der Waals surface area contributed by atoms with Gasteiger partial charge in [0.15, 0.2) is 0 Å². The van der Waals surface area contributed by atoms with E-state index in [1.54, 1.807) is 0 Å². The molecule has 4 heteroatoms. The lowest BCUT2D eigenvalue weighted by atomic mass is 10.0. The van der Waals surface area contributed by atoms with Gasteiger partial charge in [0, 0.05) is 60.8 Å². The van der Waals surface area contributed by atoms with Gasteiger partial charge in [0.2, 0.25) is 0 Å². The van der Waals surface area contributed by atoms with Gasteiger partial charge < -0.3 is 18.5 Å². The molecule has 0 aliphatic heterocycles. The van der Waals surface area contributed by atoms with Crippen molar-refractivity contribution in [2.75, 3.05) is 4.90 Å². The summed E-state index contributed by atoms with van der Waals surface area (Å²) in [4.78, 5) is 2.35. The molecule has 0 aliphatic rings. The van der Waals surface area contributed by atoms with Crippen LogP contribution in [0.25, 0.3) is 88.1 Å². The van der Waals surface area contributed by atoms with E-state index in [1.807, 2.05) is 12.1 Å². The molecule has 0 saturated carbocycles. The van der Waals surface area contributed by atoms with Crippen LogP contribution in [0.15, 0.2) is 217 Å². The Morgan fingerprint density at radius 3 is 1.12 bits per heavy atom. The van der Waals surface area contributed by atoms with Crippen molar-refractivity contribution in [3.8, 4) is 22.5 Å². The van der Waals surface area contributed by atoms with Gasteiger partial charge in [-0.1, -0.05) is 109 Å². The smallest absolute Gasteiger partial charge is 0.135 e. The molecule has 0 unspecified atom stereocenters. The highest BCUT2D eigenvalue weighted by atomic mass is 16.3. The summed E-state index contributed by atoms with van der Waals surface area (Å²) in [7, 11) is 0. The van der Waals surface area contributed by atoms with Crippen LogP contribution >= 0.6 is 0 Å². The lowest BCUT2D eigenvalue weighted by Gasteiger charge is -2.26. The van der Waals surface area contributed by atoms with Crippen LogP contribution in [0.5, 0.6) is 0 Å². The first kappa shape index (κ1) is 32.4. The molecule has 0 aliphatic carbocycles. The lowest BCUT2D eigenvalue weighted by Crippen LogP contribution is -2.10. The standard InChI is InChI=1S/C54H35N3O/c1-6-16-49-43(11-1)44-12-2-7-17-50(44)56(49)41-30-26-39(27-31-41)55(38-24-21-36(22-25-38)37-23-34-54-48(35-37)47-15-5-10-20-53(47)58-54)40-28-32-42(33-29-40)57-51-18-8-3-13-45(51)46-14-4-9-19-52(46)57/h1-35H. The molecule has 0 spiro atoms. The highest BCUT2D eigenvalue weighted by Crippen LogP contribution is 2.40. The third-order valence-corrected chi connectivity index (χ3v) is 11.7. The maximum Gasteiger partial charge on any atom is 0.135 e. The zero-order valence-electron chi connectivity index (χ0n) is 31.5. The number of fused-ring (bicyclic) bond motifs is 9. The third-order valence-electron chi connectivity index (χ3n) is 11.7. The van der Waals surface area contributed by atoms with Crippen LogP contribution in [0, 0.1) is 0 Å². The molecular weight excluding hydrogens is 707 g/mol. The molecule has 58 heavy (non-hydrogen) atoms. The molecule has 0 fully saturated rings. The molecule has 4 nitrogen and oxygen atoms in total. The minimum absolute atomic E-state index is 0.904. The van der Waals surface area contributed by atoms with Gasteiger partial charge in [-0.15, -0.1) is 0 Å². The lowest BCUT2D eigenvalue weighted by molar-refractivity contribution is 0.669. The zero-order valence-corrected chi connectivity index (χ0v) is 31.5. The highest BCUT2D eigenvalue weighted by Gasteiger charge is 2.18. The number of hydrogen-bond acceptors (Lipinski definition) is 2. The Labute approximate surface area is 334 Å². The first-order valence-electron chi connectivity index (χ1n) is 19.8. The Morgan fingerprint density at radius 1 is 0.293 bits per heavy atom. The van der Waals surface area contributed by atoms with E-state index in [2.05, 4.69) is 214 Å². The van der Waals surface area contributed by atoms with Crippen LogP contribution in [0.1, 0.15) is 0 Å². The van der Waals surface area contributed by atoms with Crippen LogP contribution in [0.4, 0.5) is 17.1 Å². The van der Waals surface area contributed by atoms with Crippen molar-refractivity contribution in [2.24, 2.45) is 0 Å². The van der Waals surface area contributed by atoms with E-state index in [-0.39, 0.29) is 0 Å². The molecule has 12 aromatic rings. The molecule has 3 heterocycles. The number of benzene rings is 9. The van der Waals surface area contributed by atoms with Crippen molar-refractivity contribution in [1.82, 2.24) is 9.13 Å². The fraction of sp³-hybridized carbons (Fsp3) is 0. The predicted octanol–water partition coefficient (Wildman–Crippen LogP) is 14.9. The summed E-state index contributed by atoms with van der Waals surface area (Å²) in [5, 5.41) is 7.29. The number of rotatable bonds is 6. The van der Waals surface area contributed by atoms with Gasteiger partial charge in [-0.25, -0.2) is 0 Å². The van der Waals surface area contributed by atoms with Crippen LogP contribution in [-0.2, 0) is 0 Å². The van der Waals surface area contributed by atoms with Crippen LogP contribution in [0.3, 0.4) is 0 Å². The van der Waals surface area contributed by atoms with Crippen molar-refractivity contribution in [3.05, 3.63) is 212 Å². The van der Waals surface area contributed by atoms with Crippen LogP contribution in [-0.4, -0.2) is 9.13 Å². The monoisotopic (exact) mass is 741 g/mol. The Morgan fingerprint density at radius 2 is 0.655 bits per heavy atom. The average Bonchev–Trinajstić information content (AvgIpc) is 3.95. The molecule has 0 saturated heterocycles. The SMILES string of the molecule is c1ccc2c(c1)oc1ccc(-c3ccc(N(c4ccc(-n5c6ccccc6c6ccccc65)cc4)c4ccc(-n5c6ccccc6c6ccccc65)cc4)cc3)cc12. The molecule has 9 aromatic carbocycles. The molecule has 0 radical (unpaired) electrons. The first-order valence-corrected chi connectivity index (χ1v) is 19.8. The summed E-state index contributed by atoms with van der Waals surface area (Å²) in [6.07, 6.45) is 0. The van der Waals surface area contributed by atoms with Gasteiger partial charge in [0.25, 0.3) is 0 Å². The van der Waals surface area contributed by atoms with E-state index in [1.165, 1.54) is 43.6 Å². The summed E-state index contributed by atoms with van der Waals surface area (Å²) in [5.41, 5.74) is 14.4. The number of hydrogen-bond donors (Lipinski definition) is 0. The first-order chi connectivity index (χ1) is 28.8. The summed E-state index contributed by atoms with van der Waals surface area (Å²) >= 11 is 0. The fourth-order valence-corrected chi connectivity index (χ4v) is 9.06. The van der Waals surface area contributed by atoms with Crippen molar-refractivity contribution >= 4 is 82.6 Å². The molecule has 3 aromatic heterocycles. The molecule has 0 N–H and O–H groups in total. The molecule has 12 rings (SSSR count). The van der Waals surface area contributed by atoms with Gasteiger partial charge >= 0.3 is 0 Å². The zero-order chi connectivity index (χ0) is 38.2. The largest absolute Gasteiger partial charge is 0.456 e. The van der Waals surface area contributed by atoms with Gasteiger partial charge in [-0.2, -0.15) is 0 Å². The normalized spacial score (nSPS) is 11.8. The molecule has 272 valence electrons. The minimum Gasteiger partial charge on any atom is -0.456 e. The maximum absolute atomic E-state index is 6.13. The second kappa shape index (κ2) is 12.9. The van der Waals surface area contributed by atoms with Crippen molar-refractivity contribution in [1.29, 1.82) is 0 Å². The van der Waals surface area contributed by atoms with Crippen LogP contribution < -0.4 is 4.90 Å². The van der Waals surface area contributed by atoms with Gasteiger partial charge in [0.1, 0.15) is 11.2 Å². The Hall–Kier alpha value is -7.82. The average molecular weight is 742 g/mol. The highest BCUT2D eigenvalue weighted by molar-refractivity contribution is 6.10. The van der Waals surface area contributed by atoms with E-state index in [0.717, 1.165) is 61.5 Å². The topological polar surface area (TPSA) is 26.2 Å². The van der Waals surface area contributed by atoms with Gasteiger partial charge in [0.05, 0.1) is 22.1 Å². The molecule has 0 amide bonds. The summed E-state index contributed by atoms with van der Waals surface area (Å²) in [6.45, 7) is 0. The molecule has 0 atom stereocenters. The van der Waals surface area contributed by atoms with E-state index in [0.29, 0.717) is 0 Å². The minimum atomic E-state index is 0.904. The van der Waals surface area contributed by atoms with Gasteiger partial charge in [-0.05, 0) is 114 Å². The summed E-state index contributed by atoms with van der Waals surface area (Å²) in [5.74, 6) is 0. The van der Waals surface area contributed by atoms with E-state index in [4.69, 9.17) is 4.42 Å². The Bertz CT molecular complexity index is 3230. The molecular formula is C54H35N3O. The fourth-order valence-electron chi connectivity index (χ4n) is 9.06. The number of nitrogens with zero attached hydrogens (tertiary/aromatic N) is 3. The van der Waals surface area contributed by atoms with Crippen molar-refractivity contribution in [2.45, 2.75) is 0 Å². The number of para-hydroxylation sites is 5. The Kier molecular flexibility index (Phi) is 7.20. The van der Waals surface area contributed by atoms with Gasteiger partial charge in [-0.3, -0.25) is 0 Å². The number of furan rings is 1. The Balaban J connectivity index is 0.971. The van der Waals surface area contributed by atoms with Crippen molar-refractivity contribution in [3.63, 3.8) is 0 Å². The third kappa shape index (κ3) is 5.02. The van der Waals surface area contributed by atoms with E-state index >= 15 is 0 Å². The van der Waals surface area contributed by atoms with Crippen LogP contribution in [0.2, 0.25) is 0 Å². The predicted molar refractivity (Wildman–Crippen MR) is 243 cm³/mol. The second-order valence-electron chi connectivity index (χ2n) is 15.0.